The zero-order valence-electron chi connectivity index (χ0n) is 15.1. The van der Waals surface area contributed by atoms with Crippen molar-refractivity contribution < 1.29 is 9.47 Å². The highest BCUT2D eigenvalue weighted by molar-refractivity contribution is 5.58. The molecule has 0 saturated carbocycles. The van der Waals surface area contributed by atoms with Crippen molar-refractivity contribution in [3.8, 4) is 5.75 Å². The first kappa shape index (κ1) is 17.7. The fraction of sp³-hybridized carbons (Fsp3) is 0.450. The van der Waals surface area contributed by atoms with Crippen LogP contribution in [0.15, 0.2) is 48.8 Å². The molecule has 5 heteroatoms. The van der Waals surface area contributed by atoms with Gasteiger partial charge in [-0.3, -0.25) is 9.88 Å². The molecular weight excluding hydrogens is 314 g/mol. The minimum atomic E-state index is 0.0801. The largest absolute Gasteiger partial charge is 0.495 e. The van der Waals surface area contributed by atoms with Gasteiger partial charge in [-0.25, -0.2) is 0 Å². The summed E-state index contributed by atoms with van der Waals surface area (Å²) < 4.78 is 11.5. The van der Waals surface area contributed by atoms with Crippen molar-refractivity contribution in [3.63, 3.8) is 0 Å². The smallest absolute Gasteiger partial charge is 0.142 e. The summed E-state index contributed by atoms with van der Waals surface area (Å²) >= 11 is 0. The van der Waals surface area contributed by atoms with Crippen molar-refractivity contribution in [1.29, 1.82) is 0 Å². The van der Waals surface area contributed by atoms with Crippen LogP contribution in [0.25, 0.3) is 0 Å². The second kappa shape index (κ2) is 8.83. The van der Waals surface area contributed by atoms with Crippen molar-refractivity contribution in [2.24, 2.45) is 0 Å². The third-order valence-electron chi connectivity index (χ3n) is 4.65. The maximum absolute atomic E-state index is 5.96. The van der Waals surface area contributed by atoms with E-state index in [0.29, 0.717) is 6.61 Å². The molecule has 1 saturated heterocycles. The van der Waals surface area contributed by atoms with E-state index in [1.807, 2.05) is 31.3 Å². The van der Waals surface area contributed by atoms with Gasteiger partial charge in [0.1, 0.15) is 5.75 Å². The summed E-state index contributed by atoms with van der Waals surface area (Å²) in [6, 6.07) is 12.3. The van der Waals surface area contributed by atoms with Crippen LogP contribution in [0.5, 0.6) is 5.75 Å². The second-order valence-electron chi connectivity index (χ2n) is 6.19. The van der Waals surface area contributed by atoms with E-state index >= 15 is 0 Å². The molecule has 2 aromatic rings. The number of pyridine rings is 1. The first-order valence-corrected chi connectivity index (χ1v) is 8.93. The van der Waals surface area contributed by atoms with E-state index in [4.69, 9.17) is 9.47 Å². The Labute approximate surface area is 150 Å². The van der Waals surface area contributed by atoms with Crippen LogP contribution in [0, 0.1) is 0 Å². The van der Waals surface area contributed by atoms with Crippen LogP contribution in [-0.4, -0.2) is 56.3 Å². The van der Waals surface area contributed by atoms with Gasteiger partial charge in [0, 0.05) is 57.3 Å². The molecule has 2 heterocycles. The zero-order valence-corrected chi connectivity index (χ0v) is 15.1. The Hall–Kier alpha value is -2.11. The normalized spacial score (nSPS) is 16.6. The lowest BCUT2D eigenvalue weighted by Crippen LogP contribution is -2.47. The van der Waals surface area contributed by atoms with Gasteiger partial charge in [-0.1, -0.05) is 18.2 Å². The maximum Gasteiger partial charge on any atom is 0.142 e. The number of benzene rings is 1. The molecule has 0 spiro atoms. The summed E-state index contributed by atoms with van der Waals surface area (Å²) in [5.41, 5.74) is 2.33. The van der Waals surface area contributed by atoms with Crippen LogP contribution in [-0.2, 0) is 4.74 Å². The molecule has 3 rings (SSSR count). The van der Waals surface area contributed by atoms with E-state index in [-0.39, 0.29) is 6.10 Å². The van der Waals surface area contributed by atoms with E-state index in [1.54, 1.807) is 13.3 Å². The van der Waals surface area contributed by atoms with Crippen LogP contribution < -0.4 is 9.64 Å². The molecule has 0 N–H and O–H groups in total. The predicted molar refractivity (Wildman–Crippen MR) is 100 cm³/mol. The number of piperazine rings is 1. The summed E-state index contributed by atoms with van der Waals surface area (Å²) in [4.78, 5) is 9.10. The molecule has 0 aliphatic carbocycles. The van der Waals surface area contributed by atoms with E-state index < -0.39 is 0 Å². The molecule has 1 atom stereocenters. The summed E-state index contributed by atoms with van der Waals surface area (Å²) in [5, 5.41) is 0. The minimum absolute atomic E-state index is 0.0801. The molecule has 1 aliphatic heterocycles. The van der Waals surface area contributed by atoms with Crippen molar-refractivity contribution >= 4 is 5.69 Å². The number of anilines is 1. The van der Waals surface area contributed by atoms with Gasteiger partial charge < -0.3 is 14.4 Å². The average Bonchev–Trinajstić information content (AvgIpc) is 2.69. The number of methoxy groups -OCH3 is 1. The third kappa shape index (κ3) is 4.50. The zero-order chi connectivity index (χ0) is 17.5. The first-order chi connectivity index (χ1) is 12.3. The fourth-order valence-electron chi connectivity index (χ4n) is 3.32. The van der Waals surface area contributed by atoms with Crippen molar-refractivity contribution in [2.75, 3.05) is 51.3 Å². The van der Waals surface area contributed by atoms with Gasteiger partial charge in [-0.15, -0.1) is 0 Å². The Balaban J connectivity index is 1.60. The second-order valence-corrected chi connectivity index (χ2v) is 6.19. The number of nitrogens with zero attached hydrogens (tertiary/aromatic N) is 3. The molecule has 0 bridgehead atoms. The molecule has 25 heavy (non-hydrogen) atoms. The van der Waals surface area contributed by atoms with Gasteiger partial charge in [-0.05, 0) is 25.1 Å². The third-order valence-corrected chi connectivity index (χ3v) is 4.65. The van der Waals surface area contributed by atoms with Crippen molar-refractivity contribution in [1.82, 2.24) is 9.88 Å². The standard InChI is InChI=1S/C20H27N3O2/c1-3-25-20(17-7-6-10-21-15-17)16-22-11-13-23(14-12-22)18-8-4-5-9-19(18)24-2/h4-10,15,20H,3,11-14,16H2,1-2H3. The van der Waals surface area contributed by atoms with E-state index in [9.17, 15) is 0 Å². The van der Waals surface area contributed by atoms with Gasteiger partial charge >= 0.3 is 0 Å². The fourth-order valence-corrected chi connectivity index (χ4v) is 3.32. The molecule has 1 fully saturated rings. The van der Waals surface area contributed by atoms with Gasteiger partial charge in [0.15, 0.2) is 0 Å². The van der Waals surface area contributed by atoms with Crippen LogP contribution in [0.2, 0.25) is 0 Å². The molecule has 1 aromatic heterocycles. The first-order valence-electron chi connectivity index (χ1n) is 8.93. The van der Waals surface area contributed by atoms with E-state index in [2.05, 4.69) is 33.0 Å². The lowest BCUT2D eigenvalue weighted by Gasteiger charge is -2.38. The van der Waals surface area contributed by atoms with E-state index in [0.717, 1.165) is 44.0 Å². The Kier molecular flexibility index (Phi) is 6.25. The van der Waals surface area contributed by atoms with Crippen LogP contribution >= 0.6 is 0 Å². The lowest BCUT2D eigenvalue weighted by molar-refractivity contribution is 0.0309. The molecule has 1 unspecified atom stereocenters. The SMILES string of the molecule is CCOC(CN1CCN(c2ccccc2OC)CC1)c1cccnc1. The Morgan fingerprint density at radius 1 is 1.08 bits per heavy atom. The Morgan fingerprint density at radius 3 is 2.56 bits per heavy atom. The molecular formula is C20H27N3O2. The highest BCUT2D eigenvalue weighted by Crippen LogP contribution is 2.28. The van der Waals surface area contributed by atoms with Gasteiger partial charge in [0.05, 0.1) is 18.9 Å². The summed E-state index contributed by atoms with van der Waals surface area (Å²) in [6.07, 6.45) is 3.79. The molecule has 0 amide bonds. The quantitative estimate of drug-likeness (QED) is 0.774. The van der Waals surface area contributed by atoms with Crippen LogP contribution in [0.1, 0.15) is 18.6 Å². The topological polar surface area (TPSA) is 37.8 Å². The highest BCUT2D eigenvalue weighted by Gasteiger charge is 2.23. The maximum atomic E-state index is 5.96. The number of para-hydroxylation sites is 2. The van der Waals surface area contributed by atoms with E-state index in [1.165, 1.54) is 5.69 Å². The predicted octanol–water partition coefficient (Wildman–Crippen LogP) is 2.99. The van der Waals surface area contributed by atoms with Crippen molar-refractivity contribution in [3.05, 3.63) is 54.4 Å². The molecule has 0 radical (unpaired) electrons. The van der Waals surface area contributed by atoms with Crippen molar-refractivity contribution in [2.45, 2.75) is 13.0 Å². The number of rotatable bonds is 7. The lowest BCUT2D eigenvalue weighted by atomic mass is 10.1. The van der Waals surface area contributed by atoms with Crippen LogP contribution in [0.4, 0.5) is 5.69 Å². The average molecular weight is 341 g/mol. The number of hydrogen-bond donors (Lipinski definition) is 0. The minimum Gasteiger partial charge on any atom is -0.495 e. The van der Waals surface area contributed by atoms with Gasteiger partial charge in [0.2, 0.25) is 0 Å². The van der Waals surface area contributed by atoms with Crippen LogP contribution in [0.3, 0.4) is 0 Å². The monoisotopic (exact) mass is 341 g/mol. The molecule has 1 aliphatic rings. The number of aromatic nitrogens is 1. The Morgan fingerprint density at radius 2 is 1.88 bits per heavy atom. The highest BCUT2D eigenvalue weighted by atomic mass is 16.5. The Bertz CT molecular complexity index is 642. The molecule has 1 aromatic carbocycles. The number of ether oxygens (including phenoxy) is 2. The van der Waals surface area contributed by atoms with Gasteiger partial charge in [-0.2, -0.15) is 0 Å². The van der Waals surface area contributed by atoms with Gasteiger partial charge in [0.25, 0.3) is 0 Å². The summed E-state index contributed by atoms with van der Waals surface area (Å²) in [6.45, 7) is 7.67. The number of hydrogen-bond acceptors (Lipinski definition) is 5. The molecule has 134 valence electrons. The summed E-state index contributed by atoms with van der Waals surface area (Å²) in [5.74, 6) is 0.943. The summed E-state index contributed by atoms with van der Waals surface area (Å²) in [7, 11) is 1.73. The molecule has 5 nitrogen and oxygen atoms in total.